The Morgan fingerprint density at radius 2 is 1.43 bits per heavy atom. The smallest absolute Gasteiger partial charge is 0.0352 e. The van der Waals surface area contributed by atoms with Crippen molar-refractivity contribution in [1.82, 2.24) is 0 Å². The fourth-order valence-corrected chi connectivity index (χ4v) is 1.89. The van der Waals surface area contributed by atoms with Crippen molar-refractivity contribution in [3.63, 3.8) is 0 Å². The number of hydrogen-bond acceptors (Lipinski definition) is 1. The molecule has 0 atom stereocenters. The molecule has 1 heteroatoms. The Morgan fingerprint density at radius 3 is 1.86 bits per heavy atom. The molecule has 0 aliphatic carbocycles. The molecule has 0 radical (unpaired) electrons. The monoisotopic (exact) mass is 191 g/mol. The van der Waals surface area contributed by atoms with Crippen molar-refractivity contribution in [2.45, 2.75) is 46.5 Å². The number of rotatable bonds is 2. The van der Waals surface area contributed by atoms with Gasteiger partial charge in [0.05, 0.1) is 0 Å². The second-order valence-electron chi connectivity index (χ2n) is 4.65. The Kier molecular flexibility index (Phi) is 3.20. The second-order valence-corrected chi connectivity index (χ2v) is 4.65. The molecule has 14 heavy (non-hydrogen) atoms. The number of nitrogen functional groups attached to an aromatic ring is 1. The SMILES string of the molecule is Cc1cc(N)c(C(C)C)cc1C(C)C. The van der Waals surface area contributed by atoms with Gasteiger partial charge in [0.15, 0.2) is 0 Å². The van der Waals surface area contributed by atoms with Crippen molar-refractivity contribution in [1.29, 1.82) is 0 Å². The van der Waals surface area contributed by atoms with Crippen LogP contribution in [-0.4, -0.2) is 0 Å². The summed E-state index contributed by atoms with van der Waals surface area (Å²) in [4.78, 5) is 0. The third-order valence-electron chi connectivity index (χ3n) is 2.72. The number of nitrogens with two attached hydrogens (primary N) is 1. The summed E-state index contributed by atoms with van der Waals surface area (Å²) in [6.45, 7) is 11.0. The van der Waals surface area contributed by atoms with Gasteiger partial charge in [-0.3, -0.25) is 0 Å². The Hall–Kier alpha value is -0.980. The zero-order chi connectivity index (χ0) is 10.9. The van der Waals surface area contributed by atoms with Crippen LogP contribution in [0.4, 0.5) is 5.69 Å². The summed E-state index contributed by atoms with van der Waals surface area (Å²) in [6.07, 6.45) is 0. The zero-order valence-corrected chi connectivity index (χ0v) is 9.89. The first-order valence-corrected chi connectivity index (χ1v) is 5.33. The molecule has 0 aromatic heterocycles. The largest absolute Gasteiger partial charge is 0.398 e. The Labute approximate surface area is 87.3 Å². The maximum atomic E-state index is 5.99. The van der Waals surface area contributed by atoms with E-state index >= 15 is 0 Å². The number of anilines is 1. The van der Waals surface area contributed by atoms with Crippen LogP contribution >= 0.6 is 0 Å². The summed E-state index contributed by atoms with van der Waals surface area (Å²) in [5.41, 5.74) is 10.9. The van der Waals surface area contributed by atoms with Crippen molar-refractivity contribution in [2.24, 2.45) is 0 Å². The molecule has 0 saturated carbocycles. The molecule has 1 aromatic rings. The summed E-state index contributed by atoms with van der Waals surface area (Å²) in [5.74, 6) is 1.08. The van der Waals surface area contributed by atoms with E-state index < -0.39 is 0 Å². The Morgan fingerprint density at radius 1 is 0.929 bits per heavy atom. The lowest BCUT2D eigenvalue weighted by atomic mass is 9.91. The van der Waals surface area contributed by atoms with Gasteiger partial charge in [0.25, 0.3) is 0 Å². The normalized spacial score (nSPS) is 11.4. The van der Waals surface area contributed by atoms with Gasteiger partial charge in [-0.15, -0.1) is 0 Å². The highest BCUT2D eigenvalue weighted by Gasteiger charge is 2.10. The van der Waals surface area contributed by atoms with Crippen molar-refractivity contribution < 1.29 is 0 Å². The highest BCUT2D eigenvalue weighted by molar-refractivity contribution is 5.53. The third-order valence-corrected chi connectivity index (χ3v) is 2.72. The van der Waals surface area contributed by atoms with E-state index in [2.05, 4.69) is 46.8 Å². The van der Waals surface area contributed by atoms with E-state index in [0.29, 0.717) is 11.8 Å². The average Bonchev–Trinajstić information content (AvgIpc) is 2.02. The Bertz CT molecular complexity index is 295. The van der Waals surface area contributed by atoms with Crippen molar-refractivity contribution in [3.05, 3.63) is 28.8 Å². The lowest BCUT2D eigenvalue weighted by Crippen LogP contribution is -2.01. The highest BCUT2D eigenvalue weighted by Crippen LogP contribution is 2.29. The molecular weight excluding hydrogens is 170 g/mol. The molecule has 0 bridgehead atoms. The molecule has 0 unspecified atom stereocenters. The molecule has 0 spiro atoms. The lowest BCUT2D eigenvalue weighted by molar-refractivity contribution is 0.829. The first-order chi connectivity index (χ1) is 6.43. The minimum Gasteiger partial charge on any atom is -0.398 e. The van der Waals surface area contributed by atoms with Gasteiger partial charge in [0, 0.05) is 5.69 Å². The molecule has 0 fully saturated rings. The topological polar surface area (TPSA) is 26.0 Å². The van der Waals surface area contributed by atoms with Crippen LogP contribution in [-0.2, 0) is 0 Å². The molecule has 0 saturated heterocycles. The van der Waals surface area contributed by atoms with Crippen LogP contribution in [0.15, 0.2) is 12.1 Å². The number of hydrogen-bond donors (Lipinski definition) is 1. The van der Waals surface area contributed by atoms with E-state index in [1.54, 1.807) is 0 Å². The highest BCUT2D eigenvalue weighted by atomic mass is 14.6. The van der Waals surface area contributed by atoms with Crippen molar-refractivity contribution in [2.75, 3.05) is 5.73 Å². The van der Waals surface area contributed by atoms with Crippen LogP contribution in [0.25, 0.3) is 0 Å². The van der Waals surface area contributed by atoms with E-state index in [-0.39, 0.29) is 0 Å². The number of aryl methyl sites for hydroxylation is 1. The van der Waals surface area contributed by atoms with Crippen LogP contribution in [0.5, 0.6) is 0 Å². The molecule has 1 aromatic carbocycles. The van der Waals surface area contributed by atoms with Crippen LogP contribution in [0.2, 0.25) is 0 Å². The molecule has 1 rings (SSSR count). The molecule has 2 N–H and O–H groups in total. The van der Waals surface area contributed by atoms with E-state index in [4.69, 9.17) is 5.73 Å². The first kappa shape index (κ1) is 11.1. The average molecular weight is 191 g/mol. The summed E-state index contributed by atoms with van der Waals surface area (Å²) < 4.78 is 0. The van der Waals surface area contributed by atoms with Gasteiger partial charge in [-0.05, 0) is 41.5 Å². The minimum atomic E-state index is 0.507. The summed E-state index contributed by atoms with van der Waals surface area (Å²) >= 11 is 0. The van der Waals surface area contributed by atoms with E-state index in [0.717, 1.165) is 5.69 Å². The van der Waals surface area contributed by atoms with Gasteiger partial charge in [0.2, 0.25) is 0 Å². The zero-order valence-electron chi connectivity index (χ0n) is 9.89. The van der Waals surface area contributed by atoms with E-state index in [1.807, 2.05) is 0 Å². The fourth-order valence-electron chi connectivity index (χ4n) is 1.89. The Balaban J connectivity index is 3.27. The van der Waals surface area contributed by atoms with Crippen LogP contribution in [0, 0.1) is 6.92 Å². The van der Waals surface area contributed by atoms with E-state index in [9.17, 15) is 0 Å². The molecule has 1 nitrogen and oxygen atoms in total. The van der Waals surface area contributed by atoms with Gasteiger partial charge >= 0.3 is 0 Å². The van der Waals surface area contributed by atoms with Gasteiger partial charge < -0.3 is 5.73 Å². The molecule has 0 aliphatic rings. The van der Waals surface area contributed by atoms with Gasteiger partial charge in [0.1, 0.15) is 0 Å². The van der Waals surface area contributed by atoms with Gasteiger partial charge in [-0.1, -0.05) is 33.8 Å². The van der Waals surface area contributed by atoms with Crippen LogP contribution in [0.3, 0.4) is 0 Å². The van der Waals surface area contributed by atoms with Crippen molar-refractivity contribution in [3.8, 4) is 0 Å². The number of benzene rings is 1. The summed E-state index contributed by atoms with van der Waals surface area (Å²) in [5, 5.41) is 0. The summed E-state index contributed by atoms with van der Waals surface area (Å²) in [7, 11) is 0. The van der Waals surface area contributed by atoms with E-state index in [1.165, 1.54) is 16.7 Å². The maximum absolute atomic E-state index is 5.99. The summed E-state index contributed by atoms with van der Waals surface area (Å²) in [6, 6.07) is 4.37. The molecule has 0 aliphatic heterocycles. The quantitative estimate of drug-likeness (QED) is 0.706. The molecule has 0 heterocycles. The third kappa shape index (κ3) is 2.09. The second kappa shape index (κ2) is 4.04. The van der Waals surface area contributed by atoms with Crippen LogP contribution in [0.1, 0.15) is 56.2 Å². The fraction of sp³-hybridized carbons (Fsp3) is 0.538. The van der Waals surface area contributed by atoms with Crippen molar-refractivity contribution >= 4 is 5.69 Å². The molecule has 0 amide bonds. The van der Waals surface area contributed by atoms with Gasteiger partial charge in [-0.2, -0.15) is 0 Å². The lowest BCUT2D eigenvalue weighted by Gasteiger charge is -2.16. The van der Waals surface area contributed by atoms with Crippen LogP contribution < -0.4 is 5.73 Å². The maximum Gasteiger partial charge on any atom is 0.0352 e. The minimum absolute atomic E-state index is 0.507. The molecule has 78 valence electrons. The first-order valence-electron chi connectivity index (χ1n) is 5.33. The predicted octanol–water partition coefficient (Wildman–Crippen LogP) is 3.82. The predicted molar refractivity (Wildman–Crippen MR) is 63.8 cm³/mol. The standard InChI is InChI=1S/C13H21N/c1-8(2)11-7-12(9(3)4)13(14)6-10(11)5/h6-9H,14H2,1-5H3. The van der Waals surface area contributed by atoms with Gasteiger partial charge in [-0.25, -0.2) is 0 Å². The molecular formula is C13H21N.